The number of hydrogen-bond donors (Lipinski definition) is 1. The molecule has 0 radical (unpaired) electrons. The molecular formula is C15H19N3O. The average molecular weight is 257 g/mol. The first kappa shape index (κ1) is 12.2. The van der Waals surface area contributed by atoms with Crippen LogP contribution in [0.25, 0.3) is 0 Å². The number of imidazole rings is 1. The van der Waals surface area contributed by atoms with E-state index in [4.69, 9.17) is 0 Å². The number of fused-ring (bicyclic) bond motifs is 1. The third-order valence-electron chi connectivity index (χ3n) is 3.77. The maximum Gasteiger partial charge on any atom is 0.128 e. The van der Waals surface area contributed by atoms with Crippen LogP contribution in [0.1, 0.15) is 30.8 Å². The Hall–Kier alpha value is -1.81. The van der Waals surface area contributed by atoms with E-state index in [1.165, 1.54) is 0 Å². The Morgan fingerprint density at radius 1 is 1.32 bits per heavy atom. The van der Waals surface area contributed by atoms with Gasteiger partial charge >= 0.3 is 0 Å². The standard InChI is InChI=1S/C15H19N3O/c1-2-14(19)12-5-3-4-6-13(12)18-10-9-17-8-7-16-15(17)11-18/h3-8,14,19H,2,9-11H2,1H3/t14-/m1/s1. The van der Waals surface area contributed by atoms with Crippen LogP contribution in [0.3, 0.4) is 0 Å². The van der Waals surface area contributed by atoms with Crippen molar-refractivity contribution in [2.75, 3.05) is 11.4 Å². The van der Waals surface area contributed by atoms with Crippen molar-refractivity contribution in [3.63, 3.8) is 0 Å². The first-order valence-corrected chi connectivity index (χ1v) is 6.81. The number of nitrogens with zero attached hydrogens (tertiary/aromatic N) is 3. The van der Waals surface area contributed by atoms with Crippen LogP contribution in [0.2, 0.25) is 0 Å². The zero-order valence-electron chi connectivity index (χ0n) is 11.2. The van der Waals surface area contributed by atoms with Crippen molar-refractivity contribution >= 4 is 5.69 Å². The van der Waals surface area contributed by atoms with Crippen LogP contribution >= 0.6 is 0 Å². The second-order valence-electron chi connectivity index (χ2n) is 4.94. The number of benzene rings is 1. The zero-order chi connectivity index (χ0) is 13.2. The van der Waals surface area contributed by atoms with Crippen LogP contribution in [-0.2, 0) is 13.1 Å². The van der Waals surface area contributed by atoms with Crippen LogP contribution < -0.4 is 4.90 Å². The van der Waals surface area contributed by atoms with Gasteiger partial charge in [-0.3, -0.25) is 0 Å². The molecular weight excluding hydrogens is 238 g/mol. The number of aliphatic hydroxyl groups is 1. The lowest BCUT2D eigenvalue weighted by atomic mass is 10.0. The predicted octanol–water partition coefficient (Wildman–Crippen LogP) is 2.35. The molecule has 1 aromatic heterocycles. The Morgan fingerprint density at radius 2 is 2.16 bits per heavy atom. The Bertz CT molecular complexity index is 564. The topological polar surface area (TPSA) is 41.3 Å². The maximum atomic E-state index is 10.1. The molecule has 0 spiro atoms. The van der Waals surface area contributed by atoms with E-state index in [1.54, 1.807) is 0 Å². The van der Waals surface area contributed by atoms with Crippen molar-refractivity contribution in [1.29, 1.82) is 0 Å². The normalized spacial score (nSPS) is 16.2. The van der Waals surface area contributed by atoms with Crippen LogP contribution in [0.4, 0.5) is 5.69 Å². The Balaban J connectivity index is 1.91. The van der Waals surface area contributed by atoms with Crippen LogP contribution in [0.5, 0.6) is 0 Å². The van der Waals surface area contributed by atoms with Gasteiger partial charge in [0, 0.05) is 36.7 Å². The predicted molar refractivity (Wildman–Crippen MR) is 75.0 cm³/mol. The minimum atomic E-state index is -0.391. The Kier molecular flexibility index (Phi) is 3.25. The monoisotopic (exact) mass is 257 g/mol. The molecule has 2 aromatic rings. The van der Waals surface area contributed by atoms with E-state index in [-0.39, 0.29) is 0 Å². The highest BCUT2D eigenvalue weighted by atomic mass is 16.3. The molecule has 0 saturated heterocycles. The number of rotatable bonds is 3. The molecule has 1 N–H and O–H groups in total. The van der Waals surface area contributed by atoms with Crippen molar-refractivity contribution < 1.29 is 5.11 Å². The SMILES string of the molecule is CC[C@@H](O)c1ccccc1N1CCn2ccnc2C1. The van der Waals surface area contributed by atoms with Gasteiger partial charge in [0.2, 0.25) is 0 Å². The van der Waals surface area contributed by atoms with Crippen LogP contribution in [-0.4, -0.2) is 21.2 Å². The summed E-state index contributed by atoms with van der Waals surface area (Å²) in [6.07, 6.45) is 4.22. The maximum absolute atomic E-state index is 10.1. The molecule has 1 aliphatic rings. The van der Waals surface area contributed by atoms with Crippen molar-refractivity contribution in [2.45, 2.75) is 32.5 Å². The summed E-state index contributed by atoms with van der Waals surface area (Å²) in [6, 6.07) is 8.13. The number of hydrogen-bond acceptors (Lipinski definition) is 3. The molecule has 0 bridgehead atoms. The lowest BCUT2D eigenvalue weighted by molar-refractivity contribution is 0.174. The van der Waals surface area contributed by atoms with Crippen molar-refractivity contribution in [2.24, 2.45) is 0 Å². The summed E-state index contributed by atoms with van der Waals surface area (Å²) < 4.78 is 2.19. The van der Waals surface area contributed by atoms with E-state index < -0.39 is 6.10 Å². The summed E-state index contributed by atoms with van der Waals surface area (Å²) in [6.45, 7) is 4.72. The van der Waals surface area contributed by atoms with E-state index in [9.17, 15) is 5.11 Å². The molecule has 0 unspecified atom stereocenters. The van der Waals surface area contributed by atoms with Gasteiger partial charge in [-0.2, -0.15) is 0 Å². The molecule has 0 fully saturated rings. The van der Waals surface area contributed by atoms with Crippen molar-refractivity contribution in [3.8, 4) is 0 Å². The smallest absolute Gasteiger partial charge is 0.128 e. The highest BCUT2D eigenvalue weighted by Gasteiger charge is 2.20. The second-order valence-corrected chi connectivity index (χ2v) is 4.94. The zero-order valence-corrected chi connectivity index (χ0v) is 11.2. The van der Waals surface area contributed by atoms with Gasteiger partial charge in [0.25, 0.3) is 0 Å². The van der Waals surface area contributed by atoms with E-state index in [0.717, 1.165) is 43.1 Å². The van der Waals surface area contributed by atoms with Gasteiger partial charge in [0.1, 0.15) is 5.82 Å². The van der Waals surface area contributed by atoms with E-state index in [2.05, 4.69) is 20.5 Å². The van der Waals surface area contributed by atoms with Gasteiger partial charge < -0.3 is 14.6 Å². The number of aliphatic hydroxyl groups excluding tert-OH is 1. The number of anilines is 1. The molecule has 0 amide bonds. The second kappa shape index (κ2) is 5.05. The van der Waals surface area contributed by atoms with E-state index in [1.807, 2.05) is 37.5 Å². The third kappa shape index (κ3) is 2.24. The summed E-state index contributed by atoms with van der Waals surface area (Å²) in [5, 5.41) is 10.1. The fourth-order valence-corrected chi connectivity index (χ4v) is 2.66. The van der Waals surface area contributed by atoms with E-state index in [0.29, 0.717) is 0 Å². The van der Waals surface area contributed by atoms with Gasteiger partial charge in [-0.15, -0.1) is 0 Å². The quantitative estimate of drug-likeness (QED) is 0.917. The molecule has 1 aliphatic heterocycles. The van der Waals surface area contributed by atoms with Crippen LogP contribution in [0.15, 0.2) is 36.7 Å². The largest absolute Gasteiger partial charge is 0.388 e. The molecule has 1 atom stereocenters. The van der Waals surface area contributed by atoms with Crippen LogP contribution in [0, 0.1) is 0 Å². The van der Waals surface area contributed by atoms with Crippen molar-refractivity contribution in [3.05, 3.63) is 48.0 Å². The van der Waals surface area contributed by atoms with Gasteiger partial charge in [0.15, 0.2) is 0 Å². The average Bonchev–Trinajstić information content (AvgIpc) is 2.93. The lowest BCUT2D eigenvalue weighted by Crippen LogP contribution is -2.34. The first-order valence-electron chi connectivity index (χ1n) is 6.81. The van der Waals surface area contributed by atoms with Gasteiger partial charge in [-0.1, -0.05) is 25.1 Å². The molecule has 0 aliphatic carbocycles. The van der Waals surface area contributed by atoms with Gasteiger partial charge in [-0.05, 0) is 12.5 Å². The Morgan fingerprint density at radius 3 is 3.00 bits per heavy atom. The molecule has 4 nitrogen and oxygen atoms in total. The van der Waals surface area contributed by atoms with Gasteiger partial charge in [-0.25, -0.2) is 4.98 Å². The fourth-order valence-electron chi connectivity index (χ4n) is 2.66. The lowest BCUT2D eigenvalue weighted by Gasteiger charge is -2.32. The molecule has 1 aromatic carbocycles. The van der Waals surface area contributed by atoms with E-state index >= 15 is 0 Å². The molecule has 4 heteroatoms. The summed E-state index contributed by atoms with van der Waals surface area (Å²) in [4.78, 5) is 6.69. The molecule has 2 heterocycles. The number of para-hydroxylation sites is 1. The summed E-state index contributed by atoms with van der Waals surface area (Å²) in [5.41, 5.74) is 2.15. The number of aromatic nitrogens is 2. The minimum Gasteiger partial charge on any atom is -0.388 e. The Labute approximate surface area is 113 Å². The third-order valence-corrected chi connectivity index (χ3v) is 3.77. The molecule has 19 heavy (non-hydrogen) atoms. The summed E-state index contributed by atoms with van der Waals surface area (Å²) in [5.74, 6) is 1.09. The molecule has 0 saturated carbocycles. The summed E-state index contributed by atoms with van der Waals surface area (Å²) >= 11 is 0. The summed E-state index contributed by atoms with van der Waals surface area (Å²) in [7, 11) is 0. The highest BCUT2D eigenvalue weighted by Crippen LogP contribution is 2.30. The minimum absolute atomic E-state index is 0.391. The first-order chi connectivity index (χ1) is 9.29. The fraction of sp³-hybridized carbons (Fsp3) is 0.400. The van der Waals surface area contributed by atoms with Gasteiger partial charge in [0.05, 0.1) is 12.6 Å². The molecule has 100 valence electrons. The van der Waals surface area contributed by atoms with Crippen molar-refractivity contribution in [1.82, 2.24) is 9.55 Å². The highest BCUT2D eigenvalue weighted by molar-refractivity contribution is 5.55. The molecule has 3 rings (SSSR count).